The number of nitrogens with zero attached hydrogens (tertiary/aromatic N) is 2. The lowest BCUT2D eigenvalue weighted by molar-refractivity contribution is -0.176. The van der Waals surface area contributed by atoms with Crippen molar-refractivity contribution in [3.8, 4) is 0 Å². The molecule has 1 aromatic rings. The second-order valence-corrected chi connectivity index (χ2v) is 7.52. The Morgan fingerprint density at radius 1 is 1.25 bits per heavy atom. The van der Waals surface area contributed by atoms with Gasteiger partial charge in [0.1, 0.15) is 5.60 Å². The van der Waals surface area contributed by atoms with E-state index >= 15 is 0 Å². The summed E-state index contributed by atoms with van der Waals surface area (Å²) in [6.07, 6.45) is 2.72. The van der Waals surface area contributed by atoms with Crippen molar-refractivity contribution in [3.63, 3.8) is 0 Å². The maximum Gasteiger partial charge on any atom is 0.339 e. The van der Waals surface area contributed by atoms with Crippen LogP contribution in [0.4, 0.5) is 0 Å². The minimum Gasteiger partial charge on any atom is -0.458 e. The third-order valence-electron chi connectivity index (χ3n) is 3.39. The first-order valence-corrected chi connectivity index (χ1v) is 8.08. The van der Waals surface area contributed by atoms with E-state index < -0.39 is 29.3 Å². The Bertz CT molecular complexity index is 589. The van der Waals surface area contributed by atoms with Crippen LogP contribution in [0, 0.1) is 12.8 Å². The number of nitrogens with two attached hydrogens (primary N) is 1. The maximum absolute atomic E-state index is 12.7. The summed E-state index contributed by atoms with van der Waals surface area (Å²) in [5.41, 5.74) is 4.40. The molecule has 0 spiro atoms. The molecule has 0 aliphatic rings. The topological polar surface area (TPSA) is 96.4 Å². The maximum atomic E-state index is 12.7. The highest BCUT2D eigenvalue weighted by molar-refractivity contribution is 6.04. The van der Waals surface area contributed by atoms with Crippen LogP contribution in [0.25, 0.3) is 0 Å². The van der Waals surface area contributed by atoms with Crippen LogP contribution in [-0.2, 0) is 19.1 Å². The predicted octanol–water partition coefficient (Wildman–Crippen LogP) is 2.34. The quantitative estimate of drug-likeness (QED) is 0.631. The van der Waals surface area contributed by atoms with E-state index in [9.17, 15) is 9.59 Å². The Kier molecular flexibility index (Phi) is 6.16. The average Bonchev–Trinajstić information content (AvgIpc) is 2.81. The van der Waals surface area contributed by atoms with Crippen LogP contribution in [0.2, 0.25) is 0 Å². The van der Waals surface area contributed by atoms with E-state index in [-0.39, 0.29) is 12.3 Å². The number of aryl methyl sites for hydroxylation is 1. The number of ether oxygens (including phenoxy) is 2. The molecule has 7 heteroatoms. The van der Waals surface area contributed by atoms with Crippen molar-refractivity contribution in [2.45, 2.75) is 72.3 Å². The number of rotatable bonds is 6. The number of imidazole rings is 1. The van der Waals surface area contributed by atoms with Gasteiger partial charge in [0.15, 0.2) is 6.23 Å². The first kappa shape index (κ1) is 20.2. The molecule has 136 valence electrons. The molecule has 0 fully saturated rings. The Labute approximate surface area is 143 Å². The van der Waals surface area contributed by atoms with Gasteiger partial charge in [-0.1, -0.05) is 13.8 Å². The molecule has 0 aromatic carbocycles. The molecule has 1 rings (SSSR count). The first-order valence-electron chi connectivity index (χ1n) is 8.08. The average molecular weight is 339 g/mol. The molecule has 0 aliphatic heterocycles. The lowest BCUT2D eigenvalue weighted by Gasteiger charge is -2.31. The second-order valence-electron chi connectivity index (χ2n) is 7.52. The number of hydrogen-bond donors (Lipinski definition) is 1. The van der Waals surface area contributed by atoms with Crippen molar-refractivity contribution < 1.29 is 19.1 Å². The number of carbonyl (C=O) groups is 2. The third kappa shape index (κ3) is 5.06. The molecule has 0 aliphatic carbocycles. The molecule has 0 amide bonds. The fraction of sp³-hybridized carbons (Fsp3) is 0.706. The molecule has 7 nitrogen and oxygen atoms in total. The Hall–Kier alpha value is -1.89. The van der Waals surface area contributed by atoms with Gasteiger partial charge in [0, 0.05) is 11.9 Å². The van der Waals surface area contributed by atoms with Crippen molar-refractivity contribution in [1.29, 1.82) is 0 Å². The van der Waals surface area contributed by atoms with Gasteiger partial charge in [-0.2, -0.15) is 0 Å². The van der Waals surface area contributed by atoms with Crippen LogP contribution in [0.5, 0.6) is 0 Å². The highest BCUT2D eigenvalue weighted by atomic mass is 16.6. The number of aromatic nitrogens is 2. The molecule has 2 atom stereocenters. The van der Waals surface area contributed by atoms with Gasteiger partial charge in [-0.05, 0) is 47.0 Å². The summed E-state index contributed by atoms with van der Waals surface area (Å²) in [5, 5.41) is 0. The normalized spacial score (nSPS) is 15.7. The fourth-order valence-electron chi connectivity index (χ4n) is 2.33. The lowest BCUT2D eigenvalue weighted by Crippen LogP contribution is -2.58. The summed E-state index contributed by atoms with van der Waals surface area (Å²) in [4.78, 5) is 29.2. The van der Waals surface area contributed by atoms with Gasteiger partial charge in [-0.25, -0.2) is 14.6 Å². The summed E-state index contributed by atoms with van der Waals surface area (Å²) in [7, 11) is 0. The van der Waals surface area contributed by atoms with E-state index in [0.717, 1.165) is 5.69 Å². The Balaban J connectivity index is 3.00. The van der Waals surface area contributed by atoms with Gasteiger partial charge in [0.05, 0.1) is 6.33 Å². The molecule has 0 radical (unpaired) electrons. The zero-order valence-electron chi connectivity index (χ0n) is 15.6. The van der Waals surface area contributed by atoms with Crippen molar-refractivity contribution in [3.05, 3.63) is 18.2 Å². The Morgan fingerprint density at radius 2 is 1.83 bits per heavy atom. The Morgan fingerprint density at radius 3 is 2.25 bits per heavy atom. The van der Waals surface area contributed by atoms with Crippen LogP contribution in [-0.4, -0.2) is 32.6 Å². The van der Waals surface area contributed by atoms with Crippen LogP contribution in [0.1, 0.15) is 59.9 Å². The van der Waals surface area contributed by atoms with Gasteiger partial charge >= 0.3 is 11.9 Å². The first-order chi connectivity index (χ1) is 10.9. The number of hydrogen-bond acceptors (Lipinski definition) is 6. The van der Waals surface area contributed by atoms with Gasteiger partial charge in [0.2, 0.25) is 5.54 Å². The van der Waals surface area contributed by atoms with E-state index in [1.54, 1.807) is 44.8 Å². The van der Waals surface area contributed by atoms with Crippen molar-refractivity contribution in [2.75, 3.05) is 0 Å². The van der Waals surface area contributed by atoms with Crippen molar-refractivity contribution in [2.24, 2.45) is 11.7 Å². The summed E-state index contributed by atoms with van der Waals surface area (Å²) < 4.78 is 12.5. The van der Waals surface area contributed by atoms with E-state index in [1.807, 2.05) is 20.8 Å². The van der Waals surface area contributed by atoms with Crippen LogP contribution < -0.4 is 5.73 Å². The third-order valence-corrected chi connectivity index (χ3v) is 3.39. The molecular formula is C17H29N3O4. The largest absolute Gasteiger partial charge is 0.458 e. The summed E-state index contributed by atoms with van der Waals surface area (Å²) in [5.74, 6) is -1.56. The molecule has 2 N–H and O–H groups in total. The van der Waals surface area contributed by atoms with E-state index in [1.165, 1.54) is 0 Å². The van der Waals surface area contributed by atoms with Crippen LogP contribution in [0.15, 0.2) is 12.5 Å². The number of carbonyl (C=O) groups excluding carboxylic acids is 2. The predicted molar refractivity (Wildman–Crippen MR) is 90.0 cm³/mol. The van der Waals surface area contributed by atoms with Gasteiger partial charge < -0.3 is 15.2 Å². The van der Waals surface area contributed by atoms with E-state index in [0.29, 0.717) is 0 Å². The molecule has 1 aromatic heterocycles. The highest BCUT2D eigenvalue weighted by Gasteiger charge is 2.47. The zero-order chi connectivity index (χ0) is 18.7. The monoisotopic (exact) mass is 339 g/mol. The highest BCUT2D eigenvalue weighted by Crippen LogP contribution is 2.23. The molecular weight excluding hydrogens is 310 g/mol. The smallest absolute Gasteiger partial charge is 0.339 e. The molecule has 0 saturated carbocycles. The summed E-state index contributed by atoms with van der Waals surface area (Å²) in [6, 6.07) is 0. The minimum absolute atomic E-state index is 0.0142. The molecule has 0 bridgehead atoms. The summed E-state index contributed by atoms with van der Waals surface area (Å²) >= 11 is 0. The zero-order valence-corrected chi connectivity index (χ0v) is 15.6. The van der Waals surface area contributed by atoms with Crippen LogP contribution >= 0.6 is 0 Å². The molecule has 0 saturated heterocycles. The van der Waals surface area contributed by atoms with Crippen molar-refractivity contribution in [1.82, 2.24) is 9.55 Å². The molecule has 24 heavy (non-hydrogen) atoms. The van der Waals surface area contributed by atoms with Gasteiger partial charge in [0.25, 0.3) is 0 Å². The van der Waals surface area contributed by atoms with E-state index in [4.69, 9.17) is 15.2 Å². The number of esters is 2. The summed E-state index contributed by atoms with van der Waals surface area (Å²) in [6.45, 7) is 12.5. The van der Waals surface area contributed by atoms with Gasteiger partial charge in [-0.15, -0.1) is 0 Å². The standard InChI is InChI=1S/C17H29N3O4/c1-11(2)8-17(18,15(22)24-16(5,6)7)14(21)23-13(4)20-10-19-9-12(20)3/h9-11,13H,8,18H2,1-7H3. The van der Waals surface area contributed by atoms with Gasteiger partial charge in [-0.3, -0.25) is 4.57 Å². The van der Waals surface area contributed by atoms with Crippen LogP contribution in [0.3, 0.4) is 0 Å². The molecule has 1 heterocycles. The van der Waals surface area contributed by atoms with Crippen molar-refractivity contribution >= 4 is 11.9 Å². The minimum atomic E-state index is -1.84. The SMILES string of the molecule is Cc1cncn1C(C)OC(=O)C(N)(CC(C)C)C(=O)OC(C)(C)C. The van der Waals surface area contributed by atoms with E-state index in [2.05, 4.69) is 4.98 Å². The second kappa shape index (κ2) is 7.34. The molecule has 2 unspecified atom stereocenters. The lowest BCUT2D eigenvalue weighted by atomic mass is 9.89. The fourth-order valence-corrected chi connectivity index (χ4v) is 2.33.